The zero-order valence-corrected chi connectivity index (χ0v) is 11.8. The van der Waals surface area contributed by atoms with E-state index >= 15 is 0 Å². The molecule has 0 bridgehead atoms. The van der Waals surface area contributed by atoms with E-state index in [1.165, 1.54) is 17.0 Å². The zero-order chi connectivity index (χ0) is 14.5. The zero-order valence-electron chi connectivity index (χ0n) is 11.0. The minimum atomic E-state index is -0.582. The lowest BCUT2D eigenvalue weighted by Crippen LogP contribution is -2.27. The van der Waals surface area contributed by atoms with E-state index in [1.807, 2.05) is 18.4 Å². The van der Waals surface area contributed by atoms with Gasteiger partial charge in [-0.1, -0.05) is 6.07 Å². The molecule has 0 radical (unpaired) electrons. The summed E-state index contributed by atoms with van der Waals surface area (Å²) in [6, 6.07) is 7.93. The Morgan fingerprint density at radius 3 is 2.90 bits per heavy atom. The van der Waals surface area contributed by atoms with Gasteiger partial charge in [-0.25, -0.2) is 4.39 Å². The van der Waals surface area contributed by atoms with Crippen LogP contribution in [0.15, 0.2) is 35.7 Å². The minimum Gasteiger partial charge on any atom is -0.310 e. The Bertz CT molecular complexity index is 587. The molecule has 20 heavy (non-hydrogen) atoms. The van der Waals surface area contributed by atoms with Crippen molar-refractivity contribution in [3.05, 3.63) is 62.1 Å². The Hall–Kier alpha value is -1.79. The number of hydrogen-bond acceptors (Lipinski definition) is 4. The van der Waals surface area contributed by atoms with Gasteiger partial charge in [-0.15, -0.1) is 11.3 Å². The highest BCUT2D eigenvalue weighted by molar-refractivity contribution is 7.09. The Morgan fingerprint density at radius 1 is 1.45 bits per heavy atom. The van der Waals surface area contributed by atoms with E-state index in [-0.39, 0.29) is 11.7 Å². The van der Waals surface area contributed by atoms with Crippen LogP contribution in [0.4, 0.5) is 10.1 Å². The summed E-state index contributed by atoms with van der Waals surface area (Å²) >= 11 is 1.69. The van der Waals surface area contributed by atoms with Crippen LogP contribution >= 0.6 is 11.3 Å². The molecule has 1 N–H and O–H groups in total. The van der Waals surface area contributed by atoms with Gasteiger partial charge in [-0.3, -0.25) is 10.1 Å². The average Bonchev–Trinajstić information content (AvgIpc) is 2.88. The summed E-state index contributed by atoms with van der Waals surface area (Å²) in [4.78, 5) is 11.4. The van der Waals surface area contributed by atoms with Crippen molar-refractivity contribution < 1.29 is 9.31 Å². The molecule has 0 fully saturated rings. The van der Waals surface area contributed by atoms with Crippen molar-refractivity contribution in [3.63, 3.8) is 0 Å². The van der Waals surface area contributed by atoms with E-state index in [0.717, 1.165) is 12.5 Å². The first-order valence-corrected chi connectivity index (χ1v) is 7.12. The van der Waals surface area contributed by atoms with Crippen molar-refractivity contribution in [2.24, 2.45) is 0 Å². The second kappa shape index (κ2) is 6.58. The van der Waals surface area contributed by atoms with Crippen molar-refractivity contribution in [3.8, 4) is 0 Å². The van der Waals surface area contributed by atoms with Crippen LogP contribution in [0.1, 0.15) is 17.4 Å². The monoisotopic (exact) mass is 294 g/mol. The third-order valence-corrected chi connectivity index (χ3v) is 3.79. The smallest absolute Gasteiger partial charge is 0.272 e. The largest absolute Gasteiger partial charge is 0.310 e. The fraction of sp³-hybridized carbons (Fsp3) is 0.286. The van der Waals surface area contributed by atoms with Crippen LogP contribution in [-0.2, 0) is 13.0 Å². The first-order chi connectivity index (χ1) is 9.54. The highest BCUT2D eigenvalue weighted by atomic mass is 32.1. The first kappa shape index (κ1) is 14.6. The highest BCUT2D eigenvalue weighted by Crippen LogP contribution is 2.17. The molecule has 0 spiro atoms. The molecule has 0 aliphatic rings. The van der Waals surface area contributed by atoms with E-state index in [4.69, 9.17) is 0 Å². The Morgan fingerprint density at radius 2 is 2.25 bits per heavy atom. The normalized spacial score (nSPS) is 12.3. The van der Waals surface area contributed by atoms with Gasteiger partial charge in [0, 0.05) is 23.5 Å². The maximum Gasteiger partial charge on any atom is 0.272 e. The van der Waals surface area contributed by atoms with E-state index in [2.05, 4.69) is 11.4 Å². The fourth-order valence-corrected chi connectivity index (χ4v) is 2.77. The minimum absolute atomic E-state index is 0.215. The summed E-state index contributed by atoms with van der Waals surface area (Å²) < 4.78 is 13.3. The molecule has 1 unspecified atom stereocenters. The molecule has 0 amide bonds. The summed E-state index contributed by atoms with van der Waals surface area (Å²) in [7, 11) is 0. The molecule has 2 aromatic rings. The van der Waals surface area contributed by atoms with E-state index in [1.54, 1.807) is 11.3 Å². The van der Waals surface area contributed by atoms with Crippen molar-refractivity contribution in [2.75, 3.05) is 0 Å². The van der Waals surface area contributed by atoms with Gasteiger partial charge >= 0.3 is 0 Å². The molecule has 2 rings (SSSR count). The number of benzene rings is 1. The Kier molecular flexibility index (Phi) is 4.81. The van der Waals surface area contributed by atoms with E-state index < -0.39 is 10.7 Å². The number of hydrogen-bond donors (Lipinski definition) is 1. The standard InChI is InChI=1S/C14H15FN2O2S/c1-10(5-14-3-2-4-20-14)16-9-11-6-12(15)8-13(7-11)17(18)19/h2-4,6-8,10,16H,5,9H2,1H3. The lowest BCUT2D eigenvalue weighted by molar-refractivity contribution is -0.385. The lowest BCUT2D eigenvalue weighted by Gasteiger charge is -2.12. The van der Waals surface area contributed by atoms with E-state index in [0.29, 0.717) is 12.1 Å². The molecule has 1 atom stereocenters. The third kappa shape index (κ3) is 4.11. The summed E-state index contributed by atoms with van der Waals surface area (Å²) in [5.74, 6) is -0.582. The van der Waals surface area contributed by atoms with Crippen LogP contribution in [0.3, 0.4) is 0 Å². The number of rotatable bonds is 6. The predicted molar refractivity (Wildman–Crippen MR) is 77.4 cm³/mol. The van der Waals surface area contributed by atoms with Gasteiger partial charge in [0.25, 0.3) is 5.69 Å². The van der Waals surface area contributed by atoms with Crippen molar-refractivity contribution in [1.29, 1.82) is 0 Å². The van der Waals surface area contributed by atoms with Crippen LogP contribution in [0.25, 0.3) is 0 Å². The van der Waals surface area contributed by atoms with Crippen molar-refractivity contribution >= 4 is 17.0 Å². The quantitative estimate of drug-likeness (QED) is 0.655. The summed E-state index contributed by atoms with van der Waals surface area (Å²) in [6.45, 7) is 2.44. The SMILES string of the molecule is CC(Cc1cccs1)NCc1cc(F)cc([N+](=O)[O-])c1. The van der Waals surface area contributed by atoms with Gasteiger partial charge in [-0.05, 0) is 36.4 Å². The molecule has 0 aliphatic heterocycles. The fourth-order valence-electron chi connectivity index (χ4n) is 1.94. The number of thiophene rings is 1. The van der Waals surface area contributed by atoms with E-state index in [9.17, 15) is 14.5 Å². The number of non-ortho nitro benzene ring substituents is 1. The summed E-state index contributed by atoms with van der Waals surface area (Å²) in [5.41, 5.74) is 0.363. The number of nitro groups is 1. The molecular formula is C14H15FN2O2S. The molecule has 1 aromatic heterocycles. The van der Waals surface area contributed by atoms with Crippen LogP contribution in [0.5, 0.6) is 0 Å². The van der Waals surface area contributed by atoms with Gasteiger partial charge in [-0.2, -0.15) is 0 Å². The second-order valence-electron chi connectivity index (χ2n) is 4.64. The number of nitrogens with one attached hydrogen (secondary N) is 1. The van der Waals surface area contributed by atoms with Crippen LogP contribution in [0, 0.1) is 15.9 Å². The molecule has 1 heterocycles. The maximum atomic E-state index is 13.3. The van der Waals surface area contributed by atoms with Crippen LogP contribution < -0.4 is 5.32 Å². The molecule has 0 saturated heterocycles. The molecular weight excluding hydrogens is 279 g/mol. The van der Waals surface area contributed by atoms with Gasteiger partial charge in [0.2, 0.25) is 0 Å². The number of halogens is 1. The third-order valence-electron chi connectivity index (χ3n) is 2.90. The molecule has 0 aliphatic carbocycles. The van der Waals surface area contributed by atoms with Crippen LogP contribution in [0.2, 0.25) is 0 Å². The first-order valence-electron chi connectivity index (χ1n) is 6.24. The average molecular weight is 294 g/mol. The van der Waals surface area contributed by atoms with Crippen LogP contribution in [-0.4, -0.2) is 11.0 Å². The van der Waals surface area contributed by atoms with Crippen molar-refractivity contribution in [2.45, 2.75) is 25.9 Å². The lowest BCUT2D eigenvalue weighted by atomic mass is 10.1. The second-order valence-corrected chi connectivity index (χ2v) is 5.67. The molecule has 4 nitrogen and oxygen atoms in total. The summed E-state index contributed by atoms with van der Waals surface area (Å²) in [5, 5.41) is 15.9. The maximum absolute atomic E-state index is 13.3. The highest BCUT2D eigenvalue weighted by Gasteiger charge is 2.10. The van der Waals surface area contributed by atoms with Crippen molar-refractivity contribution in [1.82, 2.24) is 5.32 Å². The van der Waals surface area contributed by atoms with Gasteiger partial charge in [0.15, 0.2) is 0 Å². The molecule has 106 valence electrons. The number of nitro benzene ring substituents is 1. The summed E-state index contributed by atoms with van der Waals surface area (Å²) in [6.07, 6.45) is 0.884. The Labute approximate surface area is 120 Å². The predicted octanol–water partition coefficient (Wildman–Crippen LogP) is 3.52. The molecule has 6 heteroatoms. The molecule has 1 aromatic carbocycles. The topological polar surface area (TPSA) is 55.2 Å². The Balaban J connectivity index is 1.94. The van der Waals surface area contributed by atoms with Gasteiger partial charge < -0.3 is 5.32 Å². The van der Waals surface area contributed by atoms with Gasteiger partial charge in [0.1, 0.15) is 5.82 Å². The number of nitrogens with zero attached hydrogens (tertiary/aromatic N) is 1. The van der Waals surface area contributed by atoms with Gasteiger partial charge in [0.05, 0.1) is 11.0 Å². The molecule has 0 saturated carbocycles.